The second-order valence-corrected chi connectivity index (χ2v) is 5.00. The van der Waals surface area contributed by atoms with Gasteiger partial charge in [-0.2, -0.15) is 4.98 Å². The summed E-state index contributed by atoms with van der Waals surface area (Å²) < 4.78 is 10.1. The second-order valence-electron chi connectivity index (χ2n) is 5.00. The summed E-state index contributed by atoms with van der Waals surface area (Å²) in [6, 6.07) is 0.193. The molecule has 1 aromatic heterocycles. The van der Waals surface area contributed by atoms with E-state index in [1.165, 1.54) is 0 Å². The van der Waals surface area contributed by atoms with E-state index in [1.807, 2.05) is 32.6 Å². The Kier molecular flexibility index (Phi) is 5.95. The van der Waals surface area contributed by atoms with Crippen LogP contribution >= 0.6 is 0 Å². The molecule has 108 valence electrons. The van der Waals surface area contributed by atoms with Crippen molar-refractivity contribution in [2.75, 3.05) is 13.2 Å². The quantitative estimate of drug-likeness (QED) is 0.705. The molecular weight excluding hydrogens is 246 g/mol. The third-order valence-corrected chi connectivity index (χ3v) is 2.71. The number of nitrogens with zero attached hydrogens (tertiary/aromatic N) is 3. The van der Waals surface area contributed by atoms with Gasteiger partial charge in [0, 0.05) is 12.0 Å². The van der Waals surface area contributed by atoms with Crippen molar-refractivity contribution >= 4 is 5.97 Å². The van der Waals surface area contributed by atoms with Crippen LogP contribution in [0.5, 0.6) is 0 Å². The molecule has 6 nitrogen and oxygen atoms in total. The highest BCUT2D eigenvalue weighted by Gasteiger charge is 2.19. The van der Waals surface area contributed by atoms with Gasteiger partial charge in [0.1, 0.15) is 0 Å². The minimum Gasteiger partial charge on any atom is -0.465 e. The van der Waals surface area contributed by atoms with Crippen LogP contribution in [0.4, 0.5) is 0 Å². The Morgan fingerprint density at radius 1 is 1.37 bits per heavy atom. The highest BCUT2D eigenvalue weighted by molar-refractivity contribution is 5.71. The fraction of sp³-hybridized carbons (Fsp3) is 0.769. The van der Waals surface area contributed by atoms with Crippen LogP contribution in [0.2, 0.25) is 0 Å². The normalized spacial score (nSPS) is 11.6. The summed E-state index contributed by atoms with van der Waals surface area (Å²) in [5, 5.41) is 3.91. The molecule has 0 aliphatic carbocycles. The Bertz CT molecular complexity index is 402. The zero-order chi connectivity index (χ0) is 14.4. The molecule has 0 atom stereocenters. The van der Waals surface area contributed by atoms with E-state index in [0.717, 1.165) is 0 Å². The van der Waals surface area contributed by atoms with Gasteiger partial charge >= 0.3 is 5.97 Å². The molecule has 0 saturated heterocycles. The SMILES string of the molecule is CCOC(=O)CN(Cc1nc(C(C)C)no1)C(C)C. The van der Waals surface area contributed by atoms with E-state index in [-0.39, 0.29) is 24.5 Å². The Morgan fingerprint density at radius 3 is 2.53 bits per heavy atom. The standard InChI is InChI=1S/C13H23N3O3/c1-6-18-12(17)8-16(10(4)5)7-11-14-13(9(2)3)15-19-11/h9-10H,6-8H2,1-5H3. The van der Waals surface area contributed by atoms with Crippen molar-refractivity contribution in [2.45, 2.75) is 53.1 Å². The third-order valence-electron chi connectivity index (χ3n) is 2.71. The lowest BCUT2D eigenvalue weighted by Gasteiger charge is -2.23. The van der Waals surface area contributed by atoms with Crippen LogP contribution in [-0.2, 0) is 16.1 Å². The van der Waals surface area contributed by atoms with Crippen LogP contribution in [0.15, 0.2) is 4.52 Å². The minimum absolute atomic E-state index is 0.193. The summed E-state index contributed by atoms with van der Waals surface area (Å²) in [7, 11) is 0. The minimum atomic E-state index is -0.236. The first kappa shape index (κ1) is 15.6. The van der Waals surface area contributed by atoms with E-state index in [2.05, 4.69) is 10.1 Å². The number of ether oxygens (including phenoxy) is 1. The van der Waals surface area contributed by atoms with Crippen LogP contribution in [0.1, 0.15) is 52.3 Å². The van der Waals surface area contributed by atoms with E-state index in [9.17, 15) is 4.79 Å². The average Bonchev–Trinajstić information content (AvgIpc) is 2.77. The van der Waals surface area contributed by atoms with Gasteiger partial charge in [0.05, 0.1) is 19.7 Å². The molecule has 6 heteroatoms. The van der Waals surface area contributed by atoms with Crippen molar-refractivity contribution in [1.82, 2.24) is 15.0 Å². The first-order chi connectivity index (χ1) is 8.93. The van der Waals surface area contributed by atoms with Gasteiger partial charge in [0.2, 0.25) is 5.89 Å². The van der Waals surface area contributed by atoms with Gasteiger partial charge in [-0.1, -0.05) is 19.0 Å². The van der Waals surface area contributed by atoms with Crippen LogP contribution in [0.25, 0.3) is 0 Å². The lowest BCUT2D eigenvalue weighted by Crippen LogP contribution is -2.36. The monoisotopic (exact) mass is 269 g/mol. The zero-order valence-corrected chi connectivity index (χ0v) is 12.3. The highest BCUT2D eigenvalue weighted by atomic mass is 16.5. The molecule has 19 heavy (non-hydrogen) atoms. The molecule has 1 heterocycles. The average molecular weight is 269 g/mol. The first-order valence-corrected chi connectivity index (χ1v) is 6.66. The summed E-state index contributed by atoms with van der Waals surface area (Å²) in [6.07, 6.45) is 0. The molecule has 0 aliphatic rings. The Morgan fingerprint density at radius 2 is 2.05 bits per heavy atom. The number of hydrogen-bond acceptors (Lipinski definition) is 6. The van der Waals surface area contributed by atoms with Gasteiger partial charge in [-0.15, -0.1) is 0 Å². The molecular formula is C13H23N3O3. The van der Waals surface area contributed by atoms with E-state index < -0.39 is 0 Å². The van der Waals surface area contributed by atoms with Crippen LogP contribution in [-0.4, -0.2) is 40.2 Å². The van der Waals surface area contributed by atoms with E-state index in [4.69, 9.17) is 9.26 Å². The topological polar surface area (TPSA) is 68.5 Å². The number of carbonyl (C=O) groups is 1. The maximum absolute atomic E-state index is 11.5. The summed E-state index contributed by atoms with van der Waals surface area (Å²) in [5.41, 5.74) is 0. The molecule has 0 fully saturated rings. The van der Waals surface area contributed by atoms with Crippen molar-refractivity contribution in [1.29, 1.82) is 0 Å². The number of carbonyl (C=O) groups excluding carboxylic acids is 1. The maximum Gasteiger partial charge on any atom is 0.320 e. The predicted octanol–water partition coefficient (Wildman–Crippen LogP) is 1.97. The van der Waals surface area contributed by atoms with Crippen LogP contribution in [0.3, 0.4) is 0 Å². The number of hydrogen-bond donors (Lipinski definition) is 0. The molecule has 0 bridgehead atoms. The molecule has 0 saturated carbocycles. The summed E-state index contributed by atoms with van der Waals surface area (Å²) in [4.78, 5) is 17.8. The van der Waals surface area contributed by atoms with Gasteiger partial charge in [-0.05, 0) is 20.8 Å². The second kappa shape index (κ2) is 7.23. The van der Waals surface area contributed by atoms with Crippen LogP contribution in [0, 0.1) is 0 Å². The Balaban J connectivity index is 2.64. The zero-order valence-electron chi connectivity index (χ0n) is 12.3. The molecule has 0 aromatic carbocycles. The highest BCUT2D eigenvalue weighted by Crippen LogP contribution is 2.12. The first-order valence-electron chi connectivity index (χ1n) is 6.66. The van der Waals surface area contributed by atoms with Gasteiger partial charge in [0.25, 0.3) is 0 Å². The molecule has 0 N–H and O–H groups in total. The third kappa shape index (κ3) is 4.98. The Labute approximate surface area is 114 Å². The number of esters is 1. The molecule has 0 amide bonds. The van der Waals surface area contributed by atoms with Crippen molar-refractivity contribution in [3.8, 4) is 0 Å². The maximum atomic E-state index is 11.5. The van der Waals surface area contributed by atoms with Gasteiger partial charge < -0.3 is 9.26 Å². The molecule has 0 aliphatic heterocycles. The van der Waals surface area contributed by atoms with Gasteiger partial charge in [-0.3, -0.25) is 9.69 Å². The van der Waals surface area contributed by atoms with Crippen molar-refractivity contribution in [3.05, 3.63) is 11.7 Å². The smallest absolute Gasteiger partial charge is 0.320 e. The van der Waals surface area contributed by atoms with Crippen LogP contribution < -0.4 is 0 Å². The lowest BCUT2D eigenvalue weighted by molar-refractivity contribution is -0.145. The largest absolute Gasteiger partial charge is 0.465 e. The Hall–Kier alpha value is -1.43. The lowest BCUT2D eigenvalue weighted by atomic mass is 10.2. The molecule has 1 aromatic rings. The summed E-state index contributed by atoms with van der Waals surface area (Å²) in [5.74, 6) is 1.21. The van der Waals surface area contributed by atoms with Crippen molar-refractivity contribution in [3.63, 3.8) is 0 Å². The van der Waals surface area contributed by atoms with Gasteiger partial charge in [-0.25, -0.2) is 0 Å². The van der Waals surface area contributed by atoms with Crippen molar-refractivity contribution in [2.24, 2.45) is 0 Å². The molecule has 0 unspecified atom stereocenters. The molecule has 1 rings (SSSR count). The van der Waals surface area contributed by atoms with Gasteiger partial charge in [0.15, 0.2) is 5.82 Å². The predicted molar refractivity (Wildman–Crippen MR) is 70.6 cm³/mol. The fourth-order valence-corrected chi connectivity index (χ4v) is 1.53. The van der Waals surface area contributed by atoms with E-state index in [0.29, 0.717) is 24.9 Å². The summed E-state index contributed by atoms with van der Waals surface area (Å²) >= 11 is 0. The number of rotatable bonds is 7. The van der Waals surface area contributed by atoms with E-state index in [1.54, 1.807) is 6.92 Å². The van der Waals surface area contributed by atoms with E-state index >= 15 is 0 Å². The summed E-state index contributed by atoms with van der Waals surface area (Å²) in [6.45, 7) is 10.9. The molecule has 0 radical (unpaired) electrons. The molecule has 0 spiro atoms. The van der Waals surface area contributed by atoms with Crippen molar-refractivity contribution < 1.29 is 14.1 Å². The fourth-order valence-electron chi connectivity index (χ4n) is 1.53. The number of aromatic nitrogens is 2.